The highest BCUT2D eigenvalue weighted by atomic mass is 16.5. The number of fused-ring (bicyclic) bond motifs is 4. The van der Waals surface area contributed by atoms with E-state index in [4.69, 9.17) is 24.7 Å². The zero-order chi connectivity index (χ0) is 53.7. The molecule has 2 amide bonds. The highest BCUT2D eigenvalue weighted by Crippen LogP contribution is 2.34. The number of β-amino-alcohol motifs (C(OH)–C–C–N with tert-alkyl or cyclic N) is 1. The number of H-pyrrole nitrogens is 1. The van der Waals surface area contributed by atoms with Crippen LogP contribution in [0.15, 0.2) is 133 Å². The molecule has 4 unspecified atom stereocenters. The van der Waals surface area contributed by atoms with E-state index in [1.165, 1.54) is 17.7 Å². The molecule has 0 saturated heterocycles. The van der Waals surface area contributed by atoms with E-state index >= 15 is 0 Å². The van der Waals surface area contributed by atoms with Crippen molar-refractivity contribution in [3.8, 4) is 28.7 Å². The summed E-state index contributed by atoms with van der Waals surface area (Å²) in [4.78, 5) is 26.0. The van der Waals surface area contributed by atoms with Gasteiger partial charge in [0.25, 0.3) is 5.91 Å². The van der Waals surface area contributed by atoms with Gasteiger partial charge in [-0.25, -0.2) is 0 Å². The molecule has 0 saturated carbocycles. The summed E-state index contributed by atoms with van der Waals surface area (Å²) in [5, 5.41) is 54.8. The molecule has 75 heavy (non-hydrogen) atoms. The topological polar surface area (TPSA) is 242 Å². The van der Waals surface area contributed by atoms with Gasteiger partial charge in [-0.2, -0.15) is 0 Å². The number of rotatable bonds is 23. The minimum Gasteiger partial charge on any atom is -0.507 e. The van der Waals surface area contributed by atoms with Crippen molar-refractivity contribution in [3.05, 3.63) is 156 Å². The quantitative estimate of drug-likeness (QED) is 0.0279. The Hall–Kier alpha value is -7.18. The molecule has 1 aliphatic rings. The van der Waals surface area contributed by atoms with Crippen molar-refractivity contribution in [1.29, 1.82) is 0 Å². The monoisotopic (exact) mass is 1030 g/mol. The van der Waals surface area contributed by atoms with Gasteiger partial charge in [0.2, 0.25) is 5.91 Å². The number of aliphatic hydroxyl groups is 3. The largest absolute Gasteiger partial charge is 0.507 e. The molecule has 0 bridgehead atoms. The number of aromatic hydroxyl groups is 1. The minimum absolute atomic E-state index is 0.0173. The zero-order valence-electron chi connectivity index (χ0n) is 43.6. The summed E-state index contributed by atoms with van der Waals surface area (Å²) in [6.45, 7) is 11.0. The highest BCUT2D eigenvalue weighted by Gasteiger charge is 2.20. The fourth-order valence-electron chi connectivity index (χ4n) is 8.19. The summed E-state index contributed by atoms with van der Waals surface area (Å²) in [5.74, 6) is 2.06. The second-order valence-corrected chi connectivity index (χ2v) is 19.4. The summed E-state index contributed by atoms with van der Waals surface area (Å²) in [5.41, 5.74) is 10.9. The third kappa shape index (κ3) is 18.0. The zero-order valence-corrected chi connectivity index (χ0v) is 43.6. The number of para-hydroxylation sites is 3. The fourth-order valence-corrected chi connectivity index (χ4v) is 8.19. The van der Waals surface area contributed by atoms with Crippen LogP contribution in [-0.4, -0.2) is 114 Å². The average molecular weight is 1030 g/mol. The second kappa shape index (κ2) is 28.5. The molecule has 16 nitrogen and oxygen atoms in total. The number of benzene rings is 6. The number of hydrogen-bond acceptors (Lipinski definition) is 13. The van der Waals surface area contributed by atoms with Crippen molar-refractivity contribution in [3.63, 3.8) is 0 Å². The van der Waals surface area contributed by atoms with E-state index in [-0.39, 0.29) is 42.0 Å². The van der Waals surface area contributed by atoms with Gasteiger partial charge in [-0.3, -0.25) is 9.59 Å². The number of aryl methyl sites for hydroxylation is 1. The van der Waals surface area contributed by atoms with Crippen LogP contribution in [0.1, 0.15) is 73.7 Å². The fraction of sp³-hybridized carbons (Fsp3) is 0.356. The van der Waals surface area contributed by atoms with E-state index in [2.05, 4.69) is 72.1 Å². The number of carbonyl (C=O) groups excluding carboxylic acids is 2. The van der Waals surface area contributed by atoms with Crippen LogP contribution in [0.5, 0.6) is 28.7 Å². The van der Waals surface area contributed by atoms with E-state index in [9.17, 15) is 30.0 Å². The lowest BCUT2D eigenvalue weighted by Gasteiger charge is -2.24. The van der Waals surface area contributed by atoms with E-state index < -0.39 is 24.2 Å². The number of hydrogen-bond donors (Lipinski definition) is 10. The Morgan fingerprint density at radius 3 is 2.13 bits per heavy atom. The van der Waals surface area contributed by atoms with E-state index in [1.54, 1.807) is 13.2 Å². The van der Waals surface area contributed by atoms with Crippen molar-refractivity contribution in [2.75, 3.05) is 58.4 Å². The molecular weight excluding hydrogens is 953 g/mol. The molecule has 8 rings (SSSR count). The normalized spacial score (nSPS) is 13.7. The molecule has 400 valence electrons. The predicted octanol–water partition coefficient (Wildman–Crippen LogP) is 7.57. The number of aliphatic hydroxyl groups excluding tert-OH is 3. The summed E-state index contributed by atoms with van der Waals surface area (Å²) in [6.07, 6.45) is 1.10. The summed E-state index contributed by atoms with van der Waals surface area (Å²) >= 11 is 0. The summed E-state index contributed by atoms with van der Waals surface area (Å²) < 4.78 is 22.6. The second-order valence-electron chi connectivity index (χ2n) is 19.4. The minimum atomic E-state index is -0.775. The molecule has 2 heterocycles. The van der Waals surface area contributed by atoms with Gasteiger partial charge in [-0.15, -0.1) is 0 Å². The Bertz CT molecular complexity index is 2890. The van der Waals surface area contributed by atoms with Gasteiger partial charge in [0.1, 0.15) is 49.3 Å². The first-order valence-corrected chi connectivity index (χ1v) is 25.4. The molecule has 7 aromatic rings. The van der Waals surface area contributed by atoms with E-state index in [0.717, 1.165) is 57.4 Å². The number of aromatic nitrogens is 1. The Balaban J connectivity index is 0.000000186. The highest BCUT2D eigenvalue weighted by molar-refractivity contribution is 6.10. The molecule has 1 aliphatic heterocycles. The smallest absolute Gasteiger partial charge is 0.252 e. The maximum absolute atomic E-state index is 11.4. The Labute approximate surface area is 439 Å². The molecule has 16 heteroatoms. The van der Waals surface area contributed by atoms with Crippen LogP contribution in [0, 0.1) is 0 Å². The van der Waals surface area contributed by atoms with E-state index in [0.29, 0.717) is 62.7 Å². The molecule has 1 aromatic heterocycles. The molecular formula is C59H74N6O10. The van der Waals surface area contributed by atoms with Gasteiger partial charge in [0.15, 0.2) is 11.5 Å². The van der Waals surface area contributed by atoms with Crippen LogP contribution in [-0.2, 0) is 17.6 Å². The van der Waals surface area contributed by atoms with Crippen LogP contribution in [0.2, 0.25) is 0 Å². The first kappa shape index (κ1) is 57.1. The number of aromatic amines is 1. The number of methoxy groups -OCH3 is 1. The maximum atomic E-state index is 11.4. The van der Waals surface area contributed by atoms with Crippen molar-refractivity contribution in [2.45, 2.75) is 83.3 Å². The van der Waals surface area contributed by atoms with Gasteiger partial charge < -0.3 is 71.4 Å². The number of amides is 2. The van der Waals surface area contributed by atoms with Crippen molar-refractivity contribution in [2.24, 2.45) is 5.73 Å². The molecule has 0 aliphatic carbocycles. The number of carbonyl (C=O) groups is 2. The lowest BCUT2D eigenvalue weighted by Crippen LogP contribution is -2.42. The van der Waals surface area contributed by atoms with E-state index in [1.807, 2.05) is 97.1 Å². The van der Waals surface area contributed by atoms with Crippen molar-refractivity contribution < 1.29 is 49.0 Å². The third-order valence-electron chi connectivity index (χ3n) is 12.3. The van der Waals surface area contributed by atoms with Gasteiger partial charge in [-0.05, 0) is 113 Å². The Kier molecular flexibility index (Phi) is 21.7. The summed E-state index contributed by atoms with van der Waals surface area (Å²) in [7, 11) is 1.62. The van der Waals surface area contributed by atoms with Crippen LogP contribution in [0.4, 0.5) is 5.69 Å². The molecule has 4 atom stereocenters. The van der Waals surface area contributed by atoms with Gasteiger partial charge in [-0.1, -0.05) is 78.9 Å². The first-order chi connectivity index (χ1) is 36.1. The maximum Gasteiger partial charge on any atom is 0.252 e. The first-order valence-electron chi connectivity index (χ1n) is 25.4. The lowest BCUT2D eigenvalue weighted by molar-refractivity contribution is -0.116. The number of anilines is 1. The van der Waals surface area contributed by atoms with Crippen LogP contribution in [0.25, 0.3) is 21.8 Å². The SMILES string of the molecule is CC(C)(C)NCC(O)COc1cccc2c1CCC(=O)N2.CC(CCc1ccccc1)NCC(O)c1ccc(O)c(C(N)=O)c1.COc1ccccc1OCCNCC(O)COc1cccc2[nH]c3ccccc3c12. The van der Waals surface area contributed by atoms with Crippen LogP contribution >= 0.6 is 0 Å². The standard InChI is InChI=1S/C24H26N2O4.C19H24N2O3.C16H24N2O3/c1-28-21-10-4-5-11-22(21)29-14-13-25-15-17(27)16-30-23-12-6-9-20-24(23)18-7-2-3-8-19(18)26-20;1-13(7-8-14-5-3-2-4-6-14)21-12-18(23)15-9-10-17(22)16(11-15)19(20)24;1-16(2,3)17-9-11(19)10-21-14-6-4-5-13-12(14)7-8-15(20)18-13/h2-12,17,25-27H,13-16H2,1H3;2-6,9-11,13,18,21-23H,7-8,12H2,1H3,(H2,20,24);4-6,11,17,19H,7-10H2,1-3H3,(H,18,20). The predicted molar refractivity (Wildman–Crippen MR) is 295 cm³/mol. The summed E-state index contributed by atoms with van der Waals surface area (Å²) in [6, 6.07) is 42.1. The molecule has 6 aromatic carbocycles. The van der Waals surface area contributed by atoms with Crippen molar-refractivity contribution in [1.82, 2.24) is 20.9 Å². The molecule has 0 fully saturated rings. The van der Waals surface area contributed by atoms with Gasteiger partial charge in [0, 0.05) is 71.7 Å². The average Bonchev–Trinajstić information content (AvgIpc) is 3.80. The number of nitrogens with one attached hydrogen (secondary N) is 5. The molecule has 0 radical (unpaired) electrons. The van der Waals surface area contributed by atoms with Gasteiger partial charge in [0.05, 0.1) is 24.3 Å². The lowest BCUT2D eigenvalue weighted by atomic mass is 10.0. The number of ether oxygens (including phenoxy) is 4. The molecule has 0 spiro atoms. The third-order valence-corrected chi connectivity index (χ3v) is 12.3. The van der Waals surface area contributed by atoms with Crippen LogP contribution < -0.4 is 45.9 Å². The Morgan fingerprint density at radius 2 is 1.39 bits per heavy atom. The van der Waals surface area contributed by atoms with Crippen LogP contribution in [0.3, 0.4) is 0 Å². The van der Waals surface area contributed by atoms with Crippen molar-refractivity contribution >= 4 is 39.3 Å². The Morgan fingerprint density at radius 1 is 0.733 bits per heavy atom. The molecule has 11 N–H and O–H groups in total. The number of primary amides is 1. The van der Waals surface area contributed by atoms with Gasteiger partial charge >= 0.3 is 0 Å². The number of nitrogens with two attached hydrogens (primary N) is 1. The number of phenols is 1.